The number of fused-ring (bicyclic) bond motifs is 1. The molecule has 12 nitrogen and oxygen atoms in total. The molecule has 3 aliphatic rings. The second-order valence-electron chi connectivity index (χ2n) is 11.9. The molecule has 3 N–H and O–H groups in total. The van der Waals surface area contributed by atoms with Crippen molar-refractivity contribution in [2.24, 2.45) is 11.3 Å². The third-order valence-corrected chi connectivity index (χ3v) is 8.63. The van der Waals surface area contributed by atoms with E-state index in [0.29, 0.717) is 6.42 Å². The van der Waals surface area contributed by atoms with E-state index in [1.807, 2.05) is 27.7 Å². The van der Waals surface area contributed by atoms with Crippen molar-refractivity contribution < 1.29 is 105 Å². The maximum absolute atomic E-state index is 13.4. The van der Waals surface area contributed by atoms with Crippen molar-refractivity contribution in [3.05, 3.63) is 48.6 Å². The molecule has 0 unspecified atom stereocenters. The van der Waals surface area contributed by atoms with Crippen molar-refractivity contribution in [1.29, 1.82) is 0 Å². The quantitative estimate of drug-likeness (QED) is 0.0918. The summed E-state index contributed by atoms with van der Waals surface area (Å²) in [5.74, 6) is -3.63. The van der Waals surface area contributed by atoms with Crippen molar-refractivity contribution in [3.63, 3.8) is 0 Å². The molecule has 13 heteroatoms. The van der Waals surface area contributed by atoms with E-state index in [9.17, 15) is 24.9 Å². The van der Waals surface area contributed by atoms with E-state index in [1.165, 1.54) is 13.2 Å². The van der Waals surface area contributed by atoms with Gasteiger partial charge in [-0.3, -0.25) is 4.79 Å². The Kier molecular flexibility index (Phi) is 15.6. The summed E-state index contributed by atoms with van der Waals surface area (Å²) in [7, 11) is 2.94. The van der Waals surface area contributed by atoms with E-state index in [1.54, 1.807) is 31.4 Å². The van der Waals surface area contributed by atoms with Crippen LogP contribution in [0.5, 0.6) is 0 Å². The fraction of sp³-hybridized carbons (Fsp3) is 0.677. The third-order valence-electron chi connectivity index (χ3n) is 8.63. The molecule has 3 rings (SSSR count). The van der Waals surface area contributed by atoms with E-state index in [-0.39, 0.29) is 83.0 Å². The largest absolute Gasteiger partial charge is 1.00 e. The summed E-state index contributed by atoms with van der Waals surface area (Å²) in [6, 6.07) is 0. The van der Waals surface area contributed by atoms with Gasteiger partial charge < -0.3 is 53.9 Å². The van der Waals surface area contributed by atoms with Gasteiger partial charge in [0.1, 0.15) is 19.0 Å². The Morgan fingerprint density at radius 2 is 1.86 bits per heavy atom. The number of methoxy groups -OCH3 is 2. The van der Waals surface area contributed by atoms with Crippen LogP contribution in [-0.2, 0) is 38.0 Å². The number of hydrogen-bond acceptors (Lipinski definition) is 11. The SMILES string of the molecule is C=C1C[C@](OC)([C@H](O)C(=O)N[C@@H]2OCO[C@H]3[C@@H]2O[C@H](C[C@H](O)/C=C/C/C=C/C=C/C(=O)[O-])C(C)(C)[C@@H]3OC)O[C@H](C)[C@@H]1C.[K+]. The summed E-state index contributed by atoms with van der Waals surface area (Å²) < 4.78 is 35.5. The van der Waals surface area contributed by atoms with Crippen LogP contribution in [0.15, 0.2) is 48.6 Å². The molecule has 0 aromatic rings. The summed E-state index contributed by atoms with van der Waals surface area (Å²) >= 11 is 0. The second kappa shape index (κ2) is 17.4. The van der Waals surface area contributed by atoms with Gasteiger partial charge in [0.25, 0.3) is 5.91 Å². The molecule has 0 bridgehead atoms. The maximum atomic E-state index is 13.4. The topological polar surface area (TPSA) is 165 Å². The molecule has 242 valence electrons. The Morgan fingerprint density at radius 3 is 2.48 bits per heavy atom. The number of ether oxygens (including phenoxy) is 6. The summed E-state index contributed by atoms with van der Waals surface area (Å²) in [6.45, 7) is 11.6. The van der Waals surface area contributed by atoms with Crippen molar-refractivity contribution in [2.45, 2.75) is 102 Å². The molecular weight excluding hydrogens is 601 g/mol. The average Bonchev–Trinajstić information content (AvgIpc) is 2.95. The van der Waals surface area contributed by atoms with Crippen LogP contribution in [0, 0.1) is 11.3 Å². The van der Waals surface area contributed by atoms with E-state index < -0.39 is 65.9 Å². The molecule has 10 atom stereocenters. The number of carbonyl (C=O) groups is 2. The predicted molar refractivity (Wildman–Crippen MR) is 153 cm³/mol. The zero-order valence-electron chi connectivity index (χ0n) is 26.8. The fourth-order valence-corrected chi connectivity index (χ4v) is 5.84. The molecule has 44 heavy (non-hydrogen) atoms. The molecular formula is C31H46KNO11. The van der Waals surface area contributed by atoms with Crippen molar-refractivity contribution >= 4 is 11.9 Å². The van der Waals surface area contributed by atoms with E-state index in [2.05, 4.69) is 11.9 Å². The first-order valence-corrected chi connectivity index (χ1v) is 14.5. The summed E-state index contributed by atoms with van der Waals surface area (Å²) in [5, 5.41) is 35.1. The fourth-order valence-electron chi connectivity index (χ4n) is 5.84. The van der Waals surface area contributed by atoms with E-state index >= 15 is 0 Å². The van der Waals surface area contributed by atoms with Gasteiger partial charge in [0.2, 0.25) is 5.79 Å². The molecule has 3 fully saturated rings. The van der Waals surface area contributed by atoms with Gasteiger partial charge in [-0.2, -0.15) is 0 Å². The van der Waals surface area contributed by atoms with Gasteiger partial charge in [0, 0.05) is 38.4 Å². The molecule has 0 aromatic heterocycles. The van der Waals surface area contributed by atoms with Crippen molar-refractivity contribution in [1.82, 2.24) is 5.32 Å². The molecule has 0 aromatic carbocycles. The van der Waals surface area contributed by atoms with Gasteiger partial charge in [-0.1, -0.05) is 63.3 Å². The van der Waals surface area contributed by atoms with E-state index in [4.69, 9.17) is 28.4 Å². The monoisotopic (exact) mass is 647 g/mol. The molecule has 0 aliphatic carbocycles. The summed E-state index contributed by atoms with van der Waals surface area (Å²) in [4.78, 5) is 23.8. The zero-order valence-corrected chi connectivity index (χ0v) is 29.9. The Hall–Kier alpha value is -0.784. The molecule has 0 spiro atoms. The first-order chi connectivity index (χ1) is 20.3. The van der Waals surface area contributed by atoms with Gasteiger partial charge in [-0.15, -0.1) is 0 Å². The van der Waals surface area contributed by atoms with E-state index in [0.717, 1.165) is 11.6 Å². The molecule has 0 radical (unpaired) electrons. The number of carbonyl (C=O) groups excluding carboxylic acids is 2. The number of hydrogen-bond donors (Lipinski definition) is 3. The van der Waals surface area contributed by atoms with Crippen LogP contribution >= 0.6 is 0 Å². The van der Waals surface area contributed by atoms with Crippen LogP contribution < -0.4 is 61.8 Å². The van der Waals surface area contributed by atoms with Crippen LogP contribution in [0.3, 0.4) is 0 Å². The smallest absolute Gasteiger partial charge is 0.545 e. The van der Waals surface area contributed by atoms with Gasteiger partial charge >= 0.3 is 51.4 Å². The molecule has 1 amide bonds. The molecule has 3 saturated heterocycles. The average molecular weight is 648 g/mol. The number of carboxylic acid groups (broad SMARTS) is 1. The summed E-state index contributed by atoms with van der Waals surface area (Å²) in [6.07, 6.45) is 3.47. The number of allylic oxidation sites excluding steroid dienone is 4. The second-order valence-corrected chi connectivity index (χ2v) is 11.9. The van der Waals surface area contributed by atoms with Crippen LogP contribution in [0.4, 0.5) is 0 Å². The van der Waals surface area contributed by atoms with Gasteiger partial charge in [-0.05, 0) is 19.4 Å². The zero-order chi connectivity index (χ0) is 31.9. The van der Waals surface area contributed by atoms with Crippen molar-refractivity contribution in [2.75, 3.05) is 21.0 Å². The number of aliphatic hydroxyl groups is 2. The Morgan fingerprint density at radius 1 is 1.16 bits per heavy atom. The first kappa shape index (κ1) is 39.4. The van der Waals surface area contributed by atoms with Gasteiger partial charge in [0.05, 0.1) is 30.4 Å². The van der Waals surface area contributed by atoms with Crippen LogP contribution in [0.2, 0.25) is 0 Å². The van der Waals surface area contributed by atoms with Crippen molar-refractivity contribution in [3.8, 4) is 0 Å². The number of nitrogens with one attached hydrogen (secondary N) is 1. The number of aliphatic hydroxyl groups excluding tert-OH is 2. The minimum absolute atomic E-state index is 0. The number of carboxylic acids is 1. The minimum Gasteiger partial charge on any atom is -0.545 e. The molecule has 0 saturated carbocycles. The number of aliphatic carboxylic acids is 1. The molecule has 3 heterocycles. The standard InChI is InChI=1S/C31H47NO11.K/c1-18-16-31(39-7,43-20(3)19(18)2)26(36)28(37)32-29-25-24(40-17-41-29)27(38-6)30(4,5)22(42-25)15-21(33)13-11-9-8-10-12-14-23(34)35;/h8,10-14,19-22,24-27,29,33,36H,1,9,15-17H2,2-7H3,(H,32,37)(H,34,35);/q;+1/p-1/b10-8+,13-11+,14-12+;/t19-,20-,21-,22-,24+,25+,26-,27-,29-,31-;/m1./s1. The number of rotatable bonds is 12. The normalized spacial score (nSPS) is 35.3. The summed E-state index contributed by atoms with van der Waals surface area (Å²) in [5.41, 5.74) is 0.198. The van der Waals surface area contributed by atoms with Gasteiger partial charge in [0.15, 0.2) is 12.3 Å². The van der Waals surface area contributed by atoms with Crippen LogP contribution in [0.1, 0.15) is 47.0 Å². The Labute approximate surface area is 302 Å². The predicted octanol–water partition coefficient (Wildman–Crippen LogP) is -2.12. The van der Waals surface area contributed by atoms with Crippen LogP contribution in [-0.4, -0.2) is 97.8 Å². The third kappa shape index (κ3) is 9.40. The Bertz CT molecular complexity index is 1080. The molecule has 3 aliphatic heterocycles. The van der Waals surface area contributed by atoms with Crippen LogP contribution in [0.25, 0.3) is 0 Å². The van der Waals surface area contributed by atoms with Gasteiger partial charge in [-0.25, -0.2) is 0 Å². The number of amides is 1. The Balaban J connectivity index is 0.00000675. The minimum atomic E-state index is -1.69. The first-order valence-electron chi connectivity index (χ1n) is 14.5. The maximum Gasteiger partial charge on any atom is 1.00 e.